The zero-order valence-corrected chi connectivity index (χ0v) is 13.6. The second-order valence-corrected chi connectivity index (χ2v) is 6.21. The highest BCUT2D eigenvalue weighted by molar-refractivity contribution is 5.79. The van der Waals surface area contributed by atoms with Crippen LogP contribution >= 0.6 is 0 Å². The van der Waals surface area contributed by atoms with Crippen LogP contribution in [0.5, 0.6) is 11.5 Å². The Balaban J connectivity index is 1.46. The molecule has 0 radical (unpaired) electrons. The van der Waals surface area contributed by atoms with E-state index in [1.165, 1.54) is 22.3 Å². The van der Waals surface area contributed by atoms with Gasteiger partial charge in [-0.15, -0.1) is 0 Å². The fourth-order valence-corrected chi connectivity index (χ4v) is 3.47. The number of H-pyrrole nitrogens is 1. The third kappa shape index (κ3) is 2.41. The largest absolute Gasteiger partial charge is 0.457 e. The Hall–Kier alpha value is -3.33. The van der Waals surface area contributed by atoms with Crippen molar-refractivity contribution in [3.8, 4) is 33.9 Å². The van der Waals surface area contributed by atoms with Gasteiger partial charge in [0.1, 0.15) is 11.5 Å². The van der Waals surface area contributed by atoms with Crippen LogP contribution in [0.3, 0.4) is 0 Å². The first-order valence-corrected chi connectivity index (χ1v) is 8.35. The molecule has 3 nitrogen and oxygen atoms in total. The monoisotopic (exact) mass is 324 g/mol. The van der Waals surface area contributed by atoms with Crippen molar-refractivity contribution in [1.82, 2.24) is 9.97 Å². The summed E-state index contributed by atoms with van der Waals surface area (Å²) in [5, 5.41) is 0. The summed E-state index contributed by atoms with van der Waals surface area (Å²) in [6, 6.07) is 22.9. The third-order valence-electron chi connectivity index (χ3n) is 4.70. The van der Waals surface area contributed by atoms with Crippen LogP contribution in [0.1, 0.15) is 11.1 Å². The molecule has 1 aromatic heterocycles. The van der Waals surface area contributed by atoms with Crippen LogP contribution in [0.4, 0.5) is 0 Å². The summed E-state index contributed by atoms with van der Waals surface area (Å²) in [4.78, 5) is 7.18. The lowest BCUT2D eigenvalue weighted by Crippen LogP contribution is -1.90. The Morgan fingerprint density at radius 3 is 2.52 bits per heavy atom. The zero-order chi connectivity index (χ0) is 16.6. The maximum Gasteiger partial charge on any atom is 0.131 e. The first kappa shape index (κ1) is 14.1. The van der Waals surface area contributed by atoms with Crippen LogP contribution < -0.4 is 4.74 Å². The summed E-state index contributed by atoms with van der Waals surface area (Å²) in [7, 11) is 0. The normalized spacial score (nSPS) is 11.8. The van der Waals surface area contributed by atoms with Gasteiger partial charge in [0.25, 0.3) is 0 Å². The smallest absolute Gasteiger partial charge is 0.131 e. The molecule has 1 heterocycles. The fourth-order valence-electron chi connectivity index (χ4n) is 3.47. The molecule has 120 valence electrons. The summed E-state index contributed by atoms with van der Waals surface area (Å²) >= 11 is 0. The molecule has 3 heteroatoms. The molecule has 0 atom stereocenters. The molecule has 0 spiro atoms. The van der Waals surface area contributed by atoms with Gasteiger partial charge < -0.3 is 9.72 Å². The van der Waals surface area contributed by atoms with Crippen LogP contribution in [0, 0.1) is 0 Å². The minimum atomic E-state index is 0.840. The molecule has 3 aromatic carbocycles. The van der Waals surface area contributed by atoms with Crippen LogP contribution in [0.25, 0.3) is 22.4 Å². The van der Waals surface area contributed by atoms with Gasteiger partial charge in [-0.05, 0) is 52.6 Å². The molecule has 0 amide bonds. The van der Waals surface area contributed by atoms with E-state index < -0.39 is 0 Å². The van der Waals surface area contributed by atoms with Crippen molar-refractivity contribution < 1.29 is 4.74 Å². The van der Waals surface area contributed by atoms with Crippen LogP contribution in [-0.2, 0) is 6.42 Å². The molecule has 25 heavy (non-hydrogen) atoms. The summed E-state index contributed by atoms with van der Waals surface area (Å²) in [5.74, 6) is 1.77. The molecule has 4 aromatic rings. The van der Waals surface area contributed by atoms with E-state index in [2.05, 4.69) is 46.4 Å². The van der Waals surface area contributed by atoms with Gasteiger partial charge in [0, 0.05) is 12.0 Å². The molecular weight excluding hydrogens is 308 g/mol. The molecule has 0 bridgehead atoms. The van der Waals surface area contributed by atoms with E-state index in [-0.39, 0.29) is 0 Å². The van der Waals surface area contributed by atoms with E-state index >= 15 is 0 Å². The average Bonchev–Trinajstić information content (AvgIpc) is 3.31. The number of imidazole rings is 1. The molecule has 1 aliphatic rings. The minimum Gasteiger partial charge on any atom is -0.457 e. The minimum absolute atomic E-state index is 0.840. The van der Waals surface area contributed by atoms with Crippen molar-refractivity contribution in [1.29, 1.82) is 0 Å². The van der Waals surface area contributed by atoms with Crippen molar-refractivity contribution in [2.24, 2.45) is 0 Å². The number of fused-ring (bicyclic) bond motifs is 3. The van der Waals surface area contributed by atoms with E-state index in [0.29, 0.717) is 0 Å². The first-order chi connectivity index (χ1) is 12.4. The number of rotatable bonds is 3. The second kappa shape index (κ2) is 5.64. The van der Waals surface area contributed by atoms with Crippen LogP contribution in [0.2, 0.25) is 0 Å². The lowest BCUT2D eigenvalue weighted by atomic mass is 10.1. The van der Waals surface area contributed by atoms with E-state index in [0.717, 1.165) is 29.2 Å². The molecule has 1 N–H and O–H groups in total. The Morgan fingerprint density at radius 1 is 0.840 bits per heavy atom. The predicted octanol–water partition coefficient (Wildman–Crippen LogP) is 5.44. The number of ether oxygens (including phenoxy) is 1. The van der Waals surface area contributed by atoms with Gasteiger partial charge in [-0.2, -0.15) is 0 Å². The molecule has 0 saturated carbocycles. The number of aromatic nitrogens is 2. The Labute approximate surface area is 146 Å². The molecule has 1 aliphatic carbocycles. The second-order valence-electron chi connectivity index (χ2n) is 6.21. The molecule has 0 aliphatic heterocycles. The van der Waals surface area contributed by atoms with Gasteiger partial charge in [0.05, 0.1) is 18.2 Å². The standard InChI is InChI=1S/C22H16N2O/c1-2-5-18-16(4-1)12-20-19(18)6-3-7-22(20)25-17-10-8-15(9-11-17)21-13-23-14-24-21/h1-11,13-14H,12H2,(H,23,24). The highest BCUT2D eigenvalue weighted by Gasteiger charge is 2.21. The Bertz CT molecular complexity index is 1030. The van der Waals surface area contributed by atoms with Gasteiger partial charge in [0.15, 0.2) is 0 Å². The third-order valence-corrected chi connectivity index (χ3v) is 4.70. The molecular formula is C22H16N2O. The summed E-state index contributed by atoms with van der Waals surface area (Å²) < 4.78 is 6.20. The van der Waals surface area contributed by atoms with E-state index in [1.54, 1.807) is 6.33 Å². The first-order valence-electron chi connectivity index (χ1n) is 8.35. The van der Waals surface area contributed by atoms with Gasteiger partial charge in [-0.25, -0.2) is 4.98 Å². The van der Waals surface area contributed by atoms with Gasteiger partial charge in [0.2, 0.25) is 0 Å². The predicted molar refractivity (Wildman–Crippen MR) is 98.8 cm³/mol. The van der Waals surface area contributed by atoms with Crippen LogP contribution in [0.15, 0.2) is 79.3 Å². The number of hydrogen-bond donors (Lipinski definition) is 1. The van der Waals surface area contributed by atoms with Gasteiger partial charge >= 0.3 is 0 Å². The lowest BCUT2D eigenvalue weighted by Gasteiger charge is -2.11. The van der Waals surface area contributed by atoms with Crippen LogP contribution in [-0.4, -0.2) is 9.97 Å². The quantitative estimate of drug-likeness (QED) is 0.480. The number of nitrogens with zero attached hydrogens (tertiary/aromatic N) is 1. The van der Waals surface area contributed by atoms with E-state index in [1.807, 2.05) is 36.5 Å². The van der Waals surface area contributed by atoms with Crippen molar-refractivity contribution in [3.63, 3.8) is 0 Å². The Morgan fingerprint density at radius 2 is 1.68 bits per heavy atom. The molecule has 0 saturated heterocycles. The van der Waals surface area contributed by atoms with E-state index in [9.17, 15) is 0 Å². The summed E-state index contributed by atoms with van der Waals surface area (Å²) in [5.41, 5.74) is 7.32. The van der Waals surface area contributed by atoms with Crippen molar-refractivity contribution in [2.75, 3.05) is 0 Å². The lowest BCUT2D eigenvalue weighted by molar-refractivity contribution is 0.478. The average molecular weight is 324 g/mol. The number of aromatic amines is 1. The van der Waals surface area contributed by atoms with Crippen molar-refractivity contribution in [2.45, 2.75) is 6.42 Å². The maximum atomic E-state index is 6.20. The number of hydrogen-bond acceptors (Lipinski definition) is 2. The van der Waals surface area contributed by atoms with Crippen molar-refractivity contribution >= 4 is 0 Å². The molecule has 0 unspecified atom stereocenters. The highest BCUT2D eigenvalue weighted by atomic mass is 16.5. The van der Waals surface area contributed by atoms with Crippen molar-refractivity contribution in [3.05, 3.63) is 90.4 Å². The topological polar surface area (TPSA) is 37.9 Å². The van der Waals surface area contributed by atoms with E-state index in [4.69, 9.17) is 4.74 Å². The molecule has 5 rings (SSSR count). The zero-order valence-electron chi connectivity index (χ0n) is 13.6. The van der Waals surface area contributed by atoms with Gasteiger partial charge in [-0.3, -0.25) is 0 Å². The SMILES string of the molecule is c1ccc2c(c1)Cc1c(Oc3ccc(-c4cnc[nH]4)cc3)cccc1-2. The summed E-state index contributed by atoms with van der Waals surface area (Å²) in [6.07, 6.45) is 4.43. The highest BCUT2D eigenvalue weighted by Crippen LogP contribution is 2.42. The number of nitrogens with one attached hydrogen (secondary N) is 1. The number of benzene rings is 3. The fraction of sp³-hybridized carbons (Fsp3) is 0.0455. The van der Waals surface area contributed by atoms with Gasteiger partial charge in [-0.1, -0.05) is 36.4 Å². The molecule has 0 fully saturated rings. The Kier molecular flexibility index (Phi) is 3.17. The summed E-state index contributed by atoms with van der Waals surface area (Å²) in [6.45, 7) is 0. The maximum absolute atomic E-state index is 6.20.